The average Bonchev–Trinajstić information content (AvgIpc) is 2.61. The van der Waals surface area contributed by atoms with Gasteiger partial charge in [-0.1, -0.05) is 40.5 Å². The van der Waals surface area contributed by atoms with Crippen molar-refractivity contribution in [2.75, 3.05) is 0 Å². The van der Waals surface area contributed by atoms with Crippen molar-refractivity contribution >= 4 is 17.5 Å². The number of hydrogen-bond acceptors (Lipinski definition) is 1. The van der Waals surface area contributed by atoms with Gasteiger partial charge in [0.25, 0.3) is 0 Å². The molecule has 0 aromatic heterocycles. The number of alkyl halides is 1. The van der Waals surface area contributed by atoms with Crippen LogP contribution in [0.4, 0.5) is 0 Å². The maximum absolute atomic E-state index is 12.3. The van der Waals surface area contributed by atoms with Crippen LogP contribution in [0.15, 0.2) is 0 Å². The van der Waals surface area contributed by atoms with E-state index in [9.17, 15) is 4.79 Å². The predicted octanol–water partition coefficient (Wildman–Crippen LogP) is 3.33. The first-order chi connectivity index (χ1) is 7.78. The summed E-state index contributed by atoms with van der Waals surface area (Å²) < 4.78 is 0. The molecule has 2 saturated carbocycles. The molecular weight excluding hydrogens is 234 g/mol. The summed E-state index contributed by atoms with van der Waals surface area (Å²) in [4.78, 5) is 12.3. The molecule has 0 aromatic carbocycles. The molecule has 2 aliphatic carbocycles. The van der Waals surface area contributed by atoms with Gasteiger partial charge in [-0.25, -0.2) is 0 Å². The standard InChI is InChI=1S/C14H24ClNO/c1-13(2)11(14(13,3)4)12(17)16-10-8-6-5-7-9(10)15/h9-11H,5-8H2,1-4H3,(H,16,17). The fourth-order valence-electron chi connectivity index (χ4n) is 3.37. The summed E-state index contributed by atoms with van der Waals surface area (Å²) in [5.41, 5.74) is 0.237. The third kappa shape index (κ3) is 2.09. The summed E-state index contributed by atoms with van der Waals surface area (Å²) in [5.74, 6) is 0.346. The molecule has 0 aromatic rings. The highest BCUT2D eigenvalue weighted by Crippen LogP contribution is 2.68. The molecule has 2 rings (SSSR count). The molecule has 2 fully saturated rings. The molecule has 2 aliphatic rings. The van der Waals surface area contributed by atoms with Gasteiger partial charge in [-0.15, -0.1) is 11.6 Å². The summed E-state index contributed by atoms with van der Waals surface area (Å²) in [5, 5.41) is 3.29. The Bertz CT molecular complexity index is 310. The number of nitrogens with one attached hydrogen (secondary N) is 1. The van der Waals surface area contributed by atoms with E-state index in [0.29, 0.717) is 0 Å². The second-order valence-electron chi connectivity index (χ2n) is 6.79. The van der Waals surface area contributed by atoms with Crippen molar-refractivity contribution in [3.8, 4) is 0 Å². The zero-order valence-electron chi connectivity index (χ0n) is 11.3. The Morgan fingerprint density at radius 1 is 1.12 bits per heavy atom. The Morgan fingerprint density at radius 2 is 1.65 bits per heavy atom. The van der Waals surface area contributed by atoms with Crippen molar-refractivity contribution in [1.82, 2.24) is 5.32 Å². The zero-order valence-corrected chi connectivity index (χ0v) is 12.1. The topological polar surface area (TPSA) is 29.1 Å². The van der Waals surface area contributed by atoms with E-state index >= 15 is 0 Å². The van der Waals surface area contributed by atoms with Gasteiger partial charge >= 0.3 is 0 Å². The molecule has 2 unspecified atom stereocenters. The monoisotopic (exact) mass is 257 g/mol. The van der Waals surface area contributed by atoms with Gasteiger partial charge < -0.3 is 5.32 Å². The second-order valence-corrected chi connectivity index (χ2v) is 7.35. The molecule has 1 N–H and O–H groups in total. The Morgan fingerprint density at radius 3 is 2.12 bits per heavy atom. The van der Waals surface area contributed by atoms with E-state index in [4.69, 9.17) is 11.6 Å². The van der Waals surface area contributed by atoms with E-state index in [2.05, 4.69) is 33.0 Å². The number of carbonyl (C=O) groups is 1. The molecule has 0 saturated heterocycles. The fraction of sp³-hybridized carbons (Fsp3) is 0.929. The van der Waals surface area contributed by atoms with Crippen LogP contribution in [-0.2, 0) is 4.79 Å². The molecule has 1 amide bonds. The van der Waals surface area contributed by atoms with Crippen LogP contribution in [0.3, 0.4) is 0 Å². The van der Waals surface area contributed by atoms with Crippen molar-refractivity contribution in [2.45, 2.75) is 64.8 Å². The van der Waals surface area contributed by atoms with Crippen LogP contribution in [0.2, 0.25) is 0 Å². The van der Waals surface area contributed by atoms with Gasteiger partial charge in [-0.3, -0.25) is 4.79 Å². The average molecular weight is 258 g/mol. The van der Waals surface area contributed by atoms with Gasteiger partial charge in [0, 0.05) is 12.0 Å². The molecule has 2 atom stereocenters. The Balaban J connectivity index is 1.95. The van der Waals surface area contributed by atoms with Gasteiger partial charge in [0.05, 0.1) is 5.38 Å². The molecule has 0 bridgehead atoms. The third-order valence-corrected chi connectivity index (χ3v) is 5.81. The lowest BCUT2D eigenvalue weighted by molar-refractivity contribution is -0.124. The first kappa shape index (κ1) is 13.2. The quantitative estimate of drug-likeness (QED) is 0.756. The number of amides is 1. The van der Waals surface area contributed by atoms with E-state index in [1.807, 2.05) is 0 Å². The highest BCUT2D eigenvalue weighted by atomic mass is 35.5. The molecule has 0 radical (unpaired) electrons. The molecule has 0 aliphatic heterocycles. The number of hydrogen-bond donors (Lipinski definition) is 1. The molecule has 3 heteroatoms. The second kappa shape index (κ2) is 4.15. The largest absolute Gasteiger partial charge is 0.352 e. The van der Waals surface area contributed by atoms with E-state index in [1.54, 1.807) is 0 Å². The molecule has 0 heterocycles. The lowest BCUT2D eigenvalue weighted by Gasteiger charge is -2.28. The maximum atomic E-state index is 12.3. The Labute approximate surface area is 109 Å². The van der Waals surface area contributed by atoms with E-state index in [0.717, 1.165) is 12.8 Å². The molecule has 0 spiro atoms. The van der Waals surface area contributed by atoms with E-state index in [1.165, 1.54) is 12.8 Å². The van der Waals surface area contributed by atoms with Crippen LogP contribution in [0.1, 0.15) is 53.4 Å². The summed E-state index contributed by atoms with van der Waals surface area (Å²) in [6.45, 7) is 8.71. The highest BCUT2D eigenvalue weighted by Gasteiger charge is 2.68. The first-order valence-electron chi connectivity index (χ1n) is 6.73. The van der Waals surface area contributed by atoms with Gasteiger partial charge in [0.1, 0.15) is 0 Å². The van der Waals surface area contributed by atoms with Crippen molar-refractivity contribution in [1.29, 1.82) is 0 Å². The minimum Gasteiger partial charge on any atom is -0.352 e. The van der Waals surface area contributed by atoms with E-state index in [-0.39, 0.29) is 34.1 Å². The Kier molecular flexibility index (Phi) is 3.22. The van der Waals surface area contributed by atoms with Crippen molar-refractivity contribution < 1.29 is 4.79 Å². The van der Waals surface area contributed by atoms with Gasteiger partial charge in [0.15, 0.2) is 0 Å². The minimum absolute atomic E-state index is 0.119. The lowest BCUT2D eigenvalue weighted by atomic mass is 9.94. The first-order valence-corrected chi connectivity index (χ1v) is 7.16. The summed E-state index contributed by atoms with van der Waals surface area (Å²) in [6, 6.07) is 0.185. The SMILES string of the molecule is CC1(C)C(C(=O)NC2CCCCC2Cl)C1(C)C. The summed E-state index contributed by atoms with van der Waals surface area (Å²) >= 11 is 6.28. The number of halogens is 1. The summed E-state index contributed by atoms with van der Waals surface area (Å²) in [6.07, 6.45) is 4.45. The molecule has 2 nitrogen and oxygen atoms in total. The van der Waals surface area contributed by atoms with Crippen LogP contribution in [0.25, 0.3) is 0 Å². The van der Waals surface area contributed by atoms with Gasteiger partial charge in [-0.05, 0) is 23.7 Å². The van der Waals surface area contributed by atoms with Crippen molar-refractivity contribution in [3.63, 3.8) is 0 Å². The lowest BCUT2D eigenvalue weighted by Crippen LogP contribution is -2.44. The van der Waals surface area contributed by atoms with Crippen LogP contribution < -0.4 is 5.32 Å². The molecule has 98 valence electrons. The van der Waals surface area contributed by atoms with Crippen molar-refractivity contribution in [3.05, 3.63) is 0 Å². The van der Waals surface area contributed by atoms with Crippen LogP contribution in [0.5, 0.6) is 0 Å². The highest BCUT2D eigenvalue weighted by molar-refractivity contribution is 6.21. The molecule has 17 heavy (non-hydrogen) atoms. The normalized spacial score (nSPS) is 35.4. The van der Waals surface area contributed by atoms with Gasteiger partial charge in [0.2, 0.25) is 5.91 Å². The Hall–Kier alpha value is -0.240. The smallest absolute Gasteiger partial charge is 0.224 e. The zero-order chi connectivity index (χ0) is 12.8. The fourth-order valence-corrected chi connectivity index (χ4v) is 3.71. The summed E-state index contributed by atoms with van der Waals surface area (Å²) in [7, 11) is 0. The predicted molar refractivity (Wildman–Crippen MR) is 71.1 cm³/mol. The van der Waals surface area contributed by atoms with Crippen LogP contribution in [-0.4, -0.2) is 17.3 Å². The number of rotatable bonds is 2. The minimum atomic E-state index is 0.119. The van der Waals surface area contributed by atoms with Crippen LogP contribution >= 0.6 is 11.6 Å². The third-order valence-electron chi connectivity index (χ3n) is 5.29. The number of carbonyl (C=O) groups excluding carboxylic acids is 1. The maximum Gasteiger partial charge on any atom is 0.224 e. The van der Waals surface area contributed by atoms with Crippen LogP contribution in [0, 0.1) is 16.7 Å². The van der Waals surface area contributed by atoms with Crippen molar-refractivity contribution in [2.24, 2.45) is 16.7 Å². The molecular formula is C14H24ClNO. The van der Waals surface area contributed by atoms with E-state index < -0.39 is 0 Å². The van der Waals surface area contributed by atoms with Gasteiger partial charge in [-0.2, -0.15) is 0 Å².